The van der Waals surface area contributed by atoms with E-state index in [9.17, 15) is 4.79 Å². The maximum absolute atomic E-state index is 12.1. The predicted octanol–water partition coefficient (Wildman–Crippen LogP) is 4.38. The van der Waals surface area contributed by atoms with Gasteiger partial charge in [-0.05, 0) is 30.5 Å². The number of carbonyl (C=O) groups excluding carboxylic acids is 1. The average molecular weight is 309 g/mol. The van der Waals surface area contributed by atoms with Gasteiger partial charge < -0.3 is 5.32 Å². The van der Waals surface area contributed by atoms with Gasteiger partial charge in [0.2, 0.25) is 0 Å². The first kappa shape index (κ1) is 15.6. The normalized spacial score (nSPS) is 12.6. The molecule has 0 saturated heterocycles. The van der Waals surface area contributed by atoms with Crippen LogP contribution in [0.5, 0.6) is 0 Å². The average Bonchev–Trinajstić information content (AvgIpc) is 2.26. The van der Waals surface area contributed by atoms with Crippen LogP contribution in [-0.2, 0) is 0 Å². The van der Waals surface area contributed by atoms with Gasteiger partial charge in [-0.2, -0.15) is 0 Å². The minimum absolute atomic E-state index is 0.0488. The smallest absolute Gasteiger partial charge is 0.251 e. The van der Waals surface area contributed by atoms with Gasteiger partial charge in [-0.1, -0.05) is 37.0 Å². The maximum atomic E-state index is 12.1. The Morgan fingerprint density at radius 2 is 1.78 bits per heavy atom. The van der Waals surface area contributed by atoms with Crippen LogP contribution >= 0.6 is 34.8 Å². The Hall–Kier alpha value is -0.440. The molecule has 1 amide bonds. The zero-order valence-electron chi connectivity index (χ0n) is 10.3. The molecule has 0 bridgehead atoms. The highest BCUT2D eigenvalue weighted by molar-refractivity contribution is 6.35. The Labute approximate surface area is 123 Å². The molecule has 1 aromatic rings. The van der Waals surface area contributed by atoms with Crippen molar-refractivity contribution in [1.29, 1.82) is 0 Å². The molecule has 0 aliphatic rings. The van der Waals surface area contributed by atoms with Crippen molar-refractivity contribution in [3.8, 4) is 0 Å². The van der Waals surface area contributed by atoms with Crippen LogP contribution in [-0.4, -0.2) is 17.8 Å². The van der Waals surface area contributed by atoms with E-state index in [0.29, 0.717) is 27.4 Å². The molecule has 0 spiro atoms. The second kappa shape index (κ2) is 7.22. The summed E-state index contributed by atoms with van der Waals surface area (Å²) in [7, 11) is 0. The standard InChI is InChI=1S/C13H16Cl3NO/c1-8(2)12(3-4-14)17-13(18)9-5-10(15)7-11(16)6-9/h5-8,12H,3-4H2,1-2H3,(H,17,18). The first-order valence-electron chi connectivity index (χ1n) is 5.77. The number of halogens is 3. The van der Waals surface area contributed by atoms with Crippen molar-refractivity contribution in [3.63, 3.8) is 0 Å². The number of benzene rings is 1. The molecule has 1 aromatic carbocycles. The third kappa shape index (κ3) is 4.68. The molecule has 100 valence electrons. The molecule has 0 fully saturated rings. The van der Waals surface area contributed by atoms with E-state index in [4.69, 9.17) is 34.8 Å². The Bertz CT molecular complexity index is 400. The Morgan fingerprint density at radius 3 is 2.22 bits per heavy atom. The Balaban J connectivity index is 2.80. The monoisotopic (exact) mass is 307 g/mol. The Morgan fingerprint density at radius 1 is 1.22 bits per heavy atom. The lowest BCUT2D eigenvalue weighted by molar-refractivity contribution is 0.0925. The number of amides is 1. The Kier molecular flexibility index (Phi) is 6.27. The van der Waals surface area contributed by atoms with Crippen LogP contribution in [0.1, 0.15) is 30.6 Å². The van der Waals surface area contributed by atoms with Gasteiger partial charge in [-0.15, -0.1) is 11.6 Å². The van der Waals surface area contributed by atoms with Crippen molar-refractivity contribution in [2.75, 3.05) is 5.88 Å². The van der Waals surface area contributed by atoms with E-state index in [0.717, 1.165) is 6.42 Å². The molecular formula is C13H16Cl3NO. The summed E-state index contributed by atoms with van der Waals surface area (Å²) in [4.78, 5) is 12.1. The van der Waals surface area contributed by atoms with E-state index in [2.05, 4.69) is 5.32 Å². The van der Waals surface area contributed by atoms with Gasteiger partial charge in [-0.25, -0.2) is 0 Å². The summed E-state index contributed by atoms with van der Waals surface area (Å²) in [6.45, 7) is 4.09. The highest BCUT2D eigenvalue weighted by Crippen LogP contribution is 2.19. The van der Waals surface area contributed by atoms with Crippen LogP contribution < -0.4 is 5.32 Å². The van der Waals surface area contributed by atoms with Crippen molar-refractivity contribution in [2.24, 2.45) is 5.92 Å². The van der Waals surface area contributed by atoms with Crippen LogP contribution in [0.15, 0.2) is 18.2 Å². The molecule has 0 aliphatic heterocycles. The largest absolute Gasteiger partial charge is 0.349 e. The quantitative estimate of drug-likeness (QED) is 0.804. The van der Waals surface area contributed by atoms with Gasteiger partial charge in [0.1, 0.15) is 0 Å². The van der Waals surface area contributed by atoms with Gasteiger partial charge >= 0.3 is 0 Å². The molecule has 1 N–H and O–H groups in total. The van der Waals surface area contributed by atoms with Crippen LogP contribution in [0.3, 0.4) is 0 Å². The molecule has 0 aromatic heterocycles. The van der Waals surface area contributed by atoms with Crippen molar-refractivity contribution in [2.45, 2.75) is 26.3 Å². The lowest BCUT2D eigenvalue weighted by atomic mass is 10.0. The van der Waals surface area contributed by atoms with Crippen molar-refractivity contribution >= 4 is 40.7 Å². The molecule has 5 heteroatoms. The summed E-state index contributed by atoms with van der Waals surface area (Å²) < 4.78 is 0. The number of rotatable bonds is 5. The lowest BCUT2D eigenvalue weighted by Crippen LogP contribution is -2.38. The fourth-order valence-corrected chi connectivity index (χ4v) is 2.39. The molecule has 1 atom stereocenters. The zero-order valence-corrected chi connectivity index (χ0v) is 12.6. The molecular weight excluding hydrogens is 293 g/mol. The molecule has 18 heavy (non-hydrogen) atoms. The van der Waals surface area contributed by atoms with E-state index in [1.807, 2.05) is 13.8 Å². The molecule has 1 unspecified atom stereocenters. The van der Waals surface area contributed by atoms with Crippen molar-refractivity contribution in [1.82, 2.24) is 5.32 Å². The van der Waals surface area contributed by atoms with Crippen LogP contribution in [0.2, 0.25) is 10.0 Å². The van der Waals surface area contributed by atoms with Crippen molar-refractivity contribution in [3.05, 3.63) is 33.8 Å². The zero-order chi connectivity index (χ0) is 13.7. The van der Waals surface area contributed by atoms with Crippen molar-refractivity contribution < 1.29 is 4.79 Å². The van der Waals surface area contributed by atoms with E-state index in [1.54, 1.807) is 18.2 Å². The lowest BCUT2D eigenvalue weighted by Gasteiger charge is -2.21. The summed E-state index contributed by atoms with van der Waals surface area (Å²) in [5.41, 5.74) is 0.465. The van der Waals surface area contributed by atoms with Gasteiger partial charge in [0.05, 0.1) is 0 Å². The summed E-state index contributed by atoms with van der Waals surface area (Å²) in [6, 6.07) is 4.84. The number of alkyl halides is 1. The van der Waals surface area contributed by atoms with Gasteiger partial charge in [0, 0.05) is 27.5 Å². The highest BCUT2D eigenvalue weighted by Gasteiger charge is 2.17. The molecule has 0 radical (unpaired) electrons. The molecule has 0 saturated carbocycles. The van der Waals surface area contributed by atoms with Crippen LogP contribution in [0.4, 0.5) is 0 Å². The third-order valence-electron chi connectivity index (χ3n) is 2.67. The molecule has 1 rings (SSSR count). The summed E-state index contributed by atoms with van der Waals surface area (Å²) in [5, 5.41) is 3.85. The molecule has 2 nitrogen and oxygen atoms in total. The second-order valence-corrected chi connectivity index (χ2v) is 5.71. The third-order valence-corrected chi connectivity index (χ3v) is 3.32. The predicted molar refractivity (Wildman–Crippen MR) is 77.9 cm³/mol. The number of hydrogen-bond acceptors (Lipinski definition) is 1. The SMILES string of the molecule is CC(C)C(CCCl)NC(=O)c1cc(Cl)cc(Cl)c1. The fraction of sp³-hybridized carbons (Fsp3) is 0.462. The highest BCUT2D eigenvalue weighted by atomic mass is 35.5. The van der Waals surface area contributed by atoms with E-state index in [1.165, 1.54) is 0 Å². The van der Waals surface area contributed by atoms with E-state index < -0.39 is 0 Å². The number of nitrogens with one attached hydrogen (secondary N) is 1. The van der Waals surface area contributed by atoms with Crippen LogP contribution in [0, 0.1) is 5.92 Å². The first-order chi connectivity index (χ1) is 8.43. The number of carbonyl (C=O) groups is 1. The summed E-state index contributed by atoms with van der Waals surface area (Å²) in [5.74, 6) is 0.657. The fourth-order valence-electron chi connectivity index (χ4n) is 1.63. The topological polar surface area (TPSA) is 29.1 Å². The van der Waals surface area contributed by atoms with E-state index in [-0.39, 0.29) is 11.9 Å². The number of hydrogen-bond donors (Lipinski definition) is 1. The molecule has 0 heterocycles. The van der Waals surface area contributed by atoms with E-state index >= 15 is 0 Å². The summed E-state index contributed by atoms with van der Waals surface area (Å²) in [6.07, 6.45) is 0.735. The van der Waals surface area contributed by atoms with Gasteiger partial charge in [0.25, 0.3) is 5.91 Å². The minimum atomic E-state index is -0.178. The second-order valence-electron chi connectivity index (χ2n) is 4.46. The van der Waals surface area contributed by atoms with Gasteiger partial charge in [0.15, 0.2) is 0 Å². The molecule has 0 aliphatic carbocycles. The van der Waals surface area contributed by atoms with Gasteiger partial charge in [-0.3, -0.25) is 4.79 Å². The maximum Gasteiger partial charge on any atom is 0.251 e. The first-order valence-corrected chi connectivity index (χ1v) is 7.06. The van der Waals surface area contributed by atoms with Crippen LogP contribution in [0.25, 0.3) is 0 Å². The minimum Gasteiger partial charge on any atom is -0.349 e. The summed E-state index contributed by atoms with van der Waals surface area (Å²) >= 11 is 17.5.